The Balaban J connectivity index is 1.39. The van der Waals surface area contributed by atoms with Gasteiger partial charge in [-0.2, -0.15) is 0 Å². The van der Waals surface area contributed by atoms with Crippen molar-refractivity contribution < 1.29 is 9.53 Å². The number of rotatable bonds is 9. The molecule has 1 aromatic rings. The van der Waals surface area contributed by atoms with E-state index in [1.807, 2.05) is 24.3 Å². The Kier molecular flexibility index (Phi) is 7.53. The topological polar surface area (TPSA) is 53.6 Å². The van der Waals surface area contributed by atoms with Crippen LogP contribution in [-0.4, -0.2) is 49.1 Å². The average molecular weight is 374 g/mol. The highest BCUT2D eigenvalue weighted by molar-refractivity contribution is 5.82. The van der Waals surface area contributed by atoms with Crippen LogP contribution in [0.4, 0.5) is 0 Å². The van der Waals surface area contributed by atoms with Gasteiger partial charge in [-0.1, -0.05) is 38.8 Å². The van der Waals surface area contributed by atoms with Crippen LogP contribution in [0.2, 0.25) is 0 Å². The van der Waals surface area contributed by atoms with Gasteiger partial charge in [-0.3, -0.25) is 4.79 Å². The van der Waals surface area contributed by atoms with Gasteiger partial charge >= 0.3 is 0 Å². The molecule has 0 aromatic heterocycles. The van der Waals surface area contributed by atoms with Crippen molar-refractivity contribution in [3.63, 3.8) is 0 Å². The lowest BCUT2D eigenvalue weighted by Crippen LogP contribution is -2.42. The Morgan fingerprint density at radius 2 is 1.93 bits per heavy atom. The van der Waals surface area contributed by atoms with Gasteiger partial charge in [0.05, 0.1) is 6.04 Å². The van der Waals surface area contributed by atoms with Gasteiger partial charge in [0.1, 0.15) is 12.4 Å². The quantitative estimate of drug-likeness (QED) is 0.699. The third kappa shape index (κ3) is 5.69. The summed E-state index contributed by atoms with van der Waals surface area (Å²) < 4.78 is 5.82. The summed E-state index contributed by atoms with van der Waals surface area (Å²) >= 11 is 0. The molecule has 3 atom stereocenters. The number of hydrogen-bond acceptors (Lipinski definition) is 4. The number of nitrogens with one attached hydrogen (secondary N) is 2. The molecule has 3 rings (SSSR count). The highest BCUT2D eigenvalue weighted by Gasteiger charge is 2.37. The van der Waals surface area contributed by atoms with E-state index in [9.17, 15) is 4.79 Å². The predicted octanol–water partition coefficient (Wildman–Crippen LogP) is 2.94. The summed E-state index contributed by atoms with van der Waals surface area (Å²) in [6.45, 7) is 8.66. The van der Waals surface area contributed by atoms with Crippen LogP contribution in [0.1, 0.15) is 51.5 Å². The van der Waals surface area contributed by atoms with Gasteiger partial charge in [-0.05, 0) is 56.0 Å². The molecule has 5 nitrogen and oxygen atoms in total. The molecule has 5 heteroatoms. The smallest absolute Gasteiger partial charge is 0.237 e. The third-order valence-corrected chi connectivity index (χ3v) is 6.14. The highest BCUT2D eigenvalue weighted by Crippen LogP contribution is 2.33. The number of carbonyl (C=O) groups is 1. The second kappa shape index (κ2) is 10.1. The second-order valence-electron chi connectivity index (χ2n) is 7.84. The van der Waals surface area contributed by atoms with Crippen LogP contribution in [0.25, 0.3) is 0 Å². The van der Waals surface area contributed by atoms with E-state index in [0.29, 0.717) is 25.1 Å². The molecule has 1 aliphatic carbocycles. The number of ether oxygens (including phenoxy) is 1. The van der Waals surface area contributed by atoms with Gasteiger partial charge in [0.25, 0.3) is 0 Å². The van der Waals surface area contributed by atoms with Gasteiger partial charge in [0, 0.05) is 19.1 Å². The third-order valence-electron chi connectivity index (χ3n) is 6.14. The lowest BCUT2D eigenvalue weighted by Gasteiger charge is -2.24. The summed E-state index contributed by atoms with van der Waals surface area (Å²) in [5.74, 6) is 1.73. The van der Waals surface area contributed by atoms with Crippen LogP contribution in [0.15, 0.2) is 24.3 Å². The minimum Gasteiger partial charge on any atom is -0.492 e. The van der Waals surface area contributed by atoms with Crippen molar-refractivity contribution in [3.8, 4) is 5.75 Å². The van der Waals surface area contributed by atoms with E-state index in [0.717, 1.165) is 37.4 Å². The van der Waals surface area contributed by atoms with E-state index in [4.69, 9.17) is 4.74 Å². The van der Waals surface area contributed by atoms with Crippen LogP contribution in [-0.2, 0) is 11.3 Å². The lowest BCUT2D eigenvalue weighted by molar-refractivity contribution is -0.123. The first-order chi connectivity index (χ1) is 13.2. The van der Waals surface area contributed by atoms with E-state index in [2.05, 4.69) is 29.4 Å². The fourth-order valence-corrected chi connectivity index (χ4v) is 4.37. The van der Waals surface area contributed by atoms with Crippen LogP contribution in [0.5, 0.6) is 5.75 Å². The van der Waals surface area contributed by atoms with Crippen molar-refractivity contribution in [2.75, 3.05) is 26.2 Å². The first-order valence-electron chi connectivity index (χ1n) is 10.7. The van der Waals surface area contributed by atoms with Crippen molar-refractivity contribution in [1.82, 2.24) is 15.5 Å². The fourth-order valence-electron chi connectivity index (χ4n) is 4.37. The zero-order valence-electron chi connectivity index (χ0n) is 16.9. The number of hydrogen-bond donors (Lipinski definition) is 2. The molecule has 3 unspecified atom stereocenters. The Morgan fingerprint density at radius 1 is 1.19 bits per heavy atom. The van der Waals surface area contributed by atoms with E-state index in [1.165, 1.54) is 25.7 Å². The van der Waals surface area contributed by atoms with Crippen LogP contribution in [0, 0.1) is 5.92 Å². The lowest BCUT2D eigenvalue weighted by atomic mass is 9.85. The minimum absolute atomic E-state index is 0.0132. The van der Waals surface area contributed by atoms with Crippen molar-refractivity contribution in [1.29, 1.82) is 0 Å². The Bertz CT molecular complexity index is 572. The second-order valence-corrected chi connectivity index (χ2v) is 7.84. The zero-order valence-corrected chi connectivity index (χ0v) is 16.9. The molecule has 1 aliphatic heterocycles. The summed E-state index contributed by atoms with van der Waals surface area (Å²) in [4.78, 5) is 14.8. The Morgan fingerprint density at radius 3 is 2.63 bits per heavy atom. The van der Waals surface area contributed by atoms with Crippen LogP contribution < -0.4 is 15.4 Å². The van der Waals surface area contributed by atoms with Crippen molar-refractivity contribution in [2.24, 2.45) is 5.92 Å². The molecule has 1 aromatic carbocycles. The van der Waals surface area contributed by atoms with Gasteiger partial charge in [-0.15, -0.1) is 0 Å². The molecule has 1 amide bonds. The molecule has 2 aliphatic rings. The van der Waals surface area contributed by atoms with Crippen LogP contribution >= 0.6 is 0 Å². The molecule has 27 heavy (non-hydrogen) atoms. The Labute approximate surface area is 163 Å². The SMILES string of the molecule is CCN(CC)CCOc1ccc(CNC(=O)C2CC3CCCCC3N2)cc1. The van der Waals surface area contributed by atoms with E-state index < -0.39 is 0 Å². The summed E-state index contributed by atoms with van der Waals surface area (Å²) in [5.41, 5.74) is 1.11. The summed E-state index contributed by atoms with van der Waals surface area (Å²) in [5, 5.41) is 6.64. The number of nitrogens with zero attached hydrogens (tertiary/aromatic N) is 1. The number of benzene rings is 1. The molecule has 0 bridgehead atoms. The molecule has 1 heterocycles. The molecule has 150 valence electrons. The molecular formula is C22H35N3O2. The van der Waals surface area contributed by atoms with Gasteiger partial charge < -0.3 is 20.3 Å². The zero-order chi connectivity index (χ0) is 19.1. The Hall–Kier alpha value is -1.59. The maximum Gasteiger partial charge on any atom is 0.237 e. The number of fused-ring (bicyclic) bond motifs is 1. The summed E-state index contributed by atoms with van der Waals surface area (Å²) in [6.07, 6.45) is 6.11. The van der Waals surface area contributed by atoms with Crippen molar-refractivity contribution in [2.45, 2.75) is 64.6 Å². The van der Waals surface area contributed by atoms with E-state index in [-0.39, 0.29) is 11.9 Å². The van der Waals surface area contributed by atoms with E-state index in [1.54, 1.807) is 0 Å². The van der Waals surface area contributed by atoms with Crippen molar-refractivity contribution >= 4 is 5.91 Å². The summed E-state index contributed by atoms with van der Waals surface area (Å²) in [6, 6.07) is 8.60. The highest BCUT2D eigenvalue weighted by atomic mass is 16.5. The maximum atomic E-state index is 12.5. The number of likely N-dealkylation sites (N-methyl/N-ethyl adjacent to an activating group) is 1. The summed E-state index contributed by atoms with van der Waals surface area (Å²) in [7, 11) is 0. The molecule has 2 fully saturated rings. The maximum absolute atomic E-state index is 12.5. The van der Waals surface area contributed by atoms with E-state index >= 15 is 0 Å². The van der Waals surface area contributed by atoms with Gasteiger partial charge in [0.15, 0.2) is 0 Å². The number of amides is 1. The van der Waals surface area contributed by atoms with Crippen LogP contribution in [0.3, 0.4) is 0 Å². The van der Waals surface area contributed by atoms with Gasteiger partial charge in [-0.25, -0.2) is 0 Å². The number of carbonyl (C=O) groups excluding carboxylic acids is 1. The normalized spacial score (nSPS) is 24.6. The predicted molar refractivity (Wildman–Crippen MR) is 109 cm³/mol. The molecular weight excluding hydrogens is 338 g/mol. The fraction of sp³-hybridized carbons (Fsp3) is 0.682. The average Bonchev–Trinajstić information content (AvgIpc) is 3.15. The minimum atomic E-state index is -0.0132. The monoisotopic (exact) mass is 373 g/mol. The molecule has 1 saturated carbocycles. The first-order valence-corrected chi connectivity index (χ1v) is 10.7. The molecule has 0 spiro atoms. The van der Waals surface area contributed by atoms with Gasteiger partial charge in [0.2, 0.25) is 5.91 Å². The molecule has 2 N–H and O–H groups in total. The molecule has 1 saturated heterocycles. The standard InChI is InChI=1S/C22H35N3O2/c1-3-25(4-2)13-14-27-19-11-9-17(10-12-19)16-23-22(26)21-15-18-7-5-6-8-20(18)24-21/h9-12,18,20-21,24H,3-8,13-16H2,1-2H3,(H,23,26). The largest absolute Gasteiger partial charge is 0.492 e. The molecule has 0 radical (unpaired) electrons. The first kappa shape index (κ1) is 20.2. The van der Waals surface area contributed by atoms with Crippen molar-refractivity contribution in [3.05, 3.63) is 29.8 Å².